The van der Waals surface area contributed by atoms with Crippen LogP contribution in [0, 0.1) is 28.6 Å². The van der Waals surface area contributed by atoms with E-state index in [1.165, 1.54) is 0 Å². The zero-order valence-corrected chi connectivity index (χ0v) is 17.5. The van der Waals surface area contributed by atoms with Crippen LogP contribution in [0.15, 0.2) is 11.6 Å². The lowest BCUT2D eigenvalue weighted by Gasteiger charge is -2.65. The molecule has 4 aliphatic carbocycles. The minimum Gasteiger partial charge on any atom is -0.481 e. The zero-order chi connectivity index (χ0) is 21.5. The molecule has 0 bridgehead atoms. The van der Waals surface area contributed by atoms with Crippen molar-refractivity contribution in [3.05, 3.63) is 11.6 Å². The molecular weight excluding hydrogens is 388 g/mol. The molecule has 7 heteroatoms. The lowest BCUT2D eigenvalue weighted by molar-refractivity contribution is -0.260. The molecule has 0 saturated heterocycles. The summed E-state index contributed by atoms with van der Waals surface area (Å²) >= 11 is 0. The fraction of sp³-hybridized carbons (Fsp3) is 0.826. The molecule has 4 saturated carbocycles. The third kappa shape index (κ3) is 2.32. The van der Waals surface area contributed by atoms with Gasteiger partial charge >= 0.3 is 11.9 Å². The average Bonchev–Trinajstić information content (AvgIpc) is 3.21. The van der Waals surface area contributed by atoms with Gasteiger partial charge in [0.05, 0.1) is 22.7 Å². The monoisotopic (exact) mass is 420 g/mol. The van der Waals surface area contributed by atoms with Gasteiger partial charge in [-0.15, -0.1) is 0 Å². The van der Waals surface area contributed by atoms with E-state index in [9.17, 15) is 30.0 Å². The second-order valence-corrected chi connectivity index (χ2v) is 10.8. The maximum Gasteiger partial charge on any atom is 0.331 e. The molecule has 7 nitrogen and oxygen atoms in total. The standard InChI is InChI=1S/C23H32O7/c1-20-6-3-16-17(23(20,29)9-5-15(20)13-10-18(25)30-12-13)4-7-21(28)11-14(24)2-8-22(16,21)19(26)27/h10,14-17,24,28-29H,2-9,11-12H2,1H3,(H,26,27)/t14-,15+,16-,17+,20+,21-,22-,23+/m1/s1. The van der Waals surface area contributed by atoms with E-state index >= 15 is 0 Å². The Morgan fingerprint density at radius 2 is 1.80 bits per heavy atom. The fourth-order valence-electron chi connectivity index (χ4n) is 8.49. The van der Waals surface area contributed by atoms with Crippen molar-refractivity contribution in [3.63, 3.8) is 0 Å². The number of aliphatic hydroxyl groups is 3. The average molecular weight is 421 g/mol. The predicted octanol–water partition coefficient (Wildman–Crippen LogP) is 1.78. The van der Waals surface area contributed by atoms with Crippen molar-refractivity contribution < 1.29 is 34.8 Å². The molecule has 0 unspecified atom stereocenters. The van der Waals surface area contributed by atoms with Gasteiger partial charge in [0, 0.05) is 17.9 Å². The number of esters is 1. The summed E-state index contributed by atoms with van der Waals surface area (Å²) in [6.07, 6.45) is 5.00. The molecule has 1 heterocycles. The first-order chi connectivity index (χ1) is 14.1. The number of carboxylic acids is 1. The molecule has 4 fully saturated rings. The number of cyclic esters (lactones) is 1. The van der Waals surface area contributed by atoms with E-state index in [1.807, 2.05) is 0 Å². The van der Waals surface area contributed by atoms with Crippen molar-refractivity contribution in [3.8, 4) is 0 Å². The van der Waals surface area contributed by atoms with Gasteiger partial charge in [0.2, 0.25) is 0 Å². The summed E-state index contributed by atoms with van der Waals surface area (Å²) in [7, 11) is 0. The second kappa shape index (κ2) is 6.30. The van der Waals surface area contributed by atoms with Crippen LogP contribution in [0.1, 0.15) is 64.7 Å². The third-order valence-electron chi connectivity index (χ3n) is 9.94. The molecule has 0 aromatic rings. The lowest BCUT2D eigenvalue weighted by atomic mass is 9.41. The van der Waals surface area contributed by atoms with Crippen molar-refractivity contribution in [1.29, 1.82) is 0 Å². The minimum atomic E-state index is -1.44. The van der Waals surface area contributed by atoms with Gasteiger partial charge in [-0.05, 0) is 74.7 Å². The molecule has 0 aromatic heterocycles. The Morgan fingerprint density at radius 1 is 1.07 bits per heavy atom. The van der Waals surface area contributed by atoms with Crippen LogP contribution in [0.2, 0.25) is 0 Å². The molecule has 0 amide bonds. The van der Waals surface area contributed by atoms with Crippen LogP contribution in [0.4, 0.5) is 0 Å². The molecule has 0 radical (unpaired) electrons. The van der Waals surface area contributed by atoms with E-state index in [0.717, 1.165) is 12.0 Å². The molecular formula is C23H32O7. The summed E-state index contributed by atoms with van der Waals surface area (Å²) < 4.78 is 5.14. The van der Waals surface area contributed by atoms with Gasteiger partial charge in [-0.25, -0.2) is 4.79 Å². The number of carbonyl (C=O) groups excluding carboxylic acids is 1. The Labute approximate surface area is 176 Å². The van der Waals surface area contributed by atoms with Crippen LogP contribution in [0.3, 0.4) is 0 Å². The number of aliphatic hydroxyl groups excluding tert-OH is 1. The molecule has 1 aliphatic heterocycles. The molecule has 166 valence electrons. The number of rotatable bonds is 2. The van der Waals surface area contributed by atoms with Gasteiger partial charge in [-0.1, -0.05) is 6.92 Å². The first-order valence-electron chi connectivity index (χ1n) is 11.3. The maximum absolute atomic E-state index is 12.7. The number of hydrogen-bond acceptors (Lipinski definition) is 6. The molecule has 5 rings (SSSR count). The summed E-state index contributed by atoms with van der Waals surface area (Å²) in [5.41, 5.74) is -3.30. The van der Waals surface area contributed by atoms with E-state index in [2.05, 4.69) is 6.92 Å². The van der Waals surface area contributed by atoms with E-state index < -0.39 is 34.1 Å². The molecule has 4 N–H and O–H groups in total. The maximum atomic E-state index is 12.7. The van der Waals surface area contributed by atoms with Crippen LogP contribution in [-0.4, -0.2) is 56.3 Å². The number of fused-ring (bicyclic) bond motifs is 5. The third-order valence-corrected chi connectivity index (χ3v) is 9.94. The number of carboxylic acid groups (broad SMARTS) is 1. The highest BCUT2D eigenvalue weighted by Gasteiger charge is 2.73. The predicted molar refractivity (Wildman–Crippen MR) is 105 cm³/mol. The number of hydrogen-bond donors (Lipinski definition) is 4. The zero-order valence-electron chi connectivity index (χ0n) is 17.5. The first kappa shape index (κ1) is 20.5. The van der Waals surface area contributed by atoms with E-state index in [0.29, 0.717) is 32.1 Å². The summed E-state index contributed by atoms with van der Waals surface area (Å²) in [6.45, 7) is 2.36. The second-order valence-electron chi connectivity index (χ2n) is 10.8. The van der Waals surface area contributed by atoms with Crippen LogP contribution in [0.5, 0.6) is 0 Å². The number of aliphatic carboxylic acids is 1. The van der Waals surface area contributed by atoms with Crippen molar-refractivity contribution >= 4 is 11.9 Å². The Bertz CT molecular complexity index is 822. The highest BCUT2D eigenvalue weighted by molar-refractivity contribution is 5.85. The fourth-order valence-corrected chi connectivity index (χ4v) is 8.49. The number of ether oxygens (including phenoxy) is 1. The highest BCUT2D eigenvalue weighted by Crippen LogP contribution is 2.70. The Kier molecular flexibility index (Phi) is 4.30. The van der Waals surface area contributed by atoms with E-state index in [4.69, 9.17) is 4.74 Å². The van der Waals surface area contributed by atoms with Gasteiger partial charge in [-0.2, -0.15) is 0 Å². The molecule has 0 spiro atoms. The Hall–Kier alpha value is -1.44. The normalized spacial score (nSPS) is 52.7. The SMILES string of the molecule is C[C@@]12CC[C@@H]3[C@H](CC[C@@]4(O)C[C@H](O)CC[C@]34C(=O)O)[C@@]1(O)CC[C@H]2C1=CC(=O)OC1. The number of carbonyl (C=O) groups is 2. The Balaban J connectivity index is 1.54. The highest BCUT2D eigenvalue weighted by atomic mass is 16.5. The first-order valence-corrected chi connectivity index (χ1v) is 11.3. The molecule has 8 atom stereocenters. The summed E-state index contributed by atoms with van der Waals surface area (Å²) in [6, 6.07) is 0. The summed E-state index contributed by atoms with van der Waals surface area (Å²) in [5, 5.41) is 44.1. The topological polar surface area (TPSA) is 124 Å². The molecule has 0 aromatic carbocycles. The van der Waals surface area contributed by atoms with Crippen LogP contribution in [-0.2, 0) is 14.3 Å². The van der Waals surface area contributed by atoms with Gasteiger partial charge in [0.25, 0.3) is 0 Å². The lowest BCUT2D eigenvalue weighted by Crippen LogP contribution is -2.70. The minimum absolute atomic E-state index is 0.0460. The van der Waals surface area contributed by atoms with Crippen molar-refractivity contribution in [2.45, 2.75) is 82.0 Å². The van der Waals surface area contributed by atoms with Gasteiger partial charge in [0.1, 0.15) is 6.61 Å². The van der Waals surface area contributed by atoms with Crippen molar-refractivity contribution in [2.24, 2.45) is 28.6 Å². The van der Waals surface area contributed by atoms with E-state index in [-0.39, 0.29) is 49.6 Å². The quantitative estimate of drug-likeness (QED) is 0.502. The van der Waals surface area contributed by atoms with Crippen LogP contribution >= 0.6 is 0 Å². The van der Waals surface area contributed by atoms with Crippen molar-refractivity contribution in [2.75, 3.05) is 6.61 Å². The van der Waals surface area contributed by atoms with Crippen LogP contribution in [0.25, 0.3) is 0 Å². The smallest absolute Gasteiger partial charge is 0.331 e. The van der Waals surface area contributed by atoms with Crippen molar-refractivity contribution in [1.82, 2.24) is 0 Å². The summed E-state index contributed by atoms with van der Waals surface area (Å²) in [4.78, 5) is 24.3. The molecule has 30 heavy (non-hydrogen) atoms. The largest absolute Gasteiger partial charge is 0.481 e. The molecule has 5 aliphatic rings. The van der Waals surface area contributed by atoms with E-state index in [1.54, 1.807) is 6.08 Å². The van der Waals surface area contributed by atoms with Crippen LogP contribution < -0.4 is 0 Å². The van der Waals surface area contributed by atoms with Gasteiger partial charge < -0.3 is 25.2 Å². The van der Waals surface area contributed by atoms with Gasteiger partial charge in [-0.3, -0.25) is 4.79 Å². The summed E-state index contributed by atoms with van der Waals surface area (Å²) in [5.74, 6) is -1.82. The van der Waals surface area contributed by atoms with Gasteiger partial charge in [0.15, 0.2) is 0 Å². The Morgan fingerprint density at radius 3 is 2.47 bits per heavy atom.